The molecule has 0 aliphatic carbocycles. The molecule has 8 nitrogen and oxygen atoms in total. The lowest BCUT2D eigenvalue weighted by Crippen LogP contribution is -2.30. The van der Waals surface area contributed by atoms with Crippen LogP contribution in [0.2, 0.25) is 0 Å². The maximum Gasteiger partial charge on any atom is 0.234 e. The Bertz CT molecular complexity index is 1210. The van der Waals surface area contributed by atoms with E-state index in [2.05, 4.69) is 29.4 Å². The topological polar surface area (TPSA) is 97.2 Å². The van der Waals surface area contributed by atoms with Gasteiger partial charge in [-0.2, -0.15) is 0 Å². The van der Waals surface area contributed by atoms with Crippen molar-refractivity contribution >= 4 is 39.1 Å². The lowest BCUT2D eigenvalue weighted by Gasteiger charge is -2.21. The number of thioether (sulfide) groups is 1. The van der Waals surface area contributed by atoms with Crippen molar-refractivity contribution in [3.8, 4) is 0 Å². The molecule has 0 bridgehead atoms. The summed E-state index contributed by atoms with van der Waals surface area (Å²) in [6, 6.07) is 12.9. The van der Waals surface area contributed by atoms with E-state index in [1.807, 2.05) is 24.3 Å². The molecular formula is C22H26FN5O3S2. The second-order valence-electron chi connectivity index (χ2n) is 7.82. The summed E-state index contributed by atoms with van der Waals surface area (Å²) in [7, 11) is -1.95. The standard InChI is InChI=1S/C22H26FN5O3S2/c1-15(2)16-5-9-18(10-6-16)24-21(29)14-32-22-26-25-20(27(22)3)13-28(33(4,30)31)19-11-7-17(23)8-12-19/h5-12,15H,13-14H2,1-4H3,(H,24,29). The van der Waals surface area contributed by atoms with Crippen LogP contribution in [0.3, 0.4) is 0 Å². The maximum atomic E-state index is 13.2. The van der Waals surface area contributed by atoms with Gasteiger partial charge in [0.2, 0.25) is 15.9 Å². The minimum Gasteiger partial charge on any atom is -0.325 e. The summed E-state index contributed by atoms with van der Waals surface area (Å²) < 4.78 is 40.6. The quantitative estimate of drug-likeness (QED) is 0.458. The average Bonchev–Trinajstić information content (AvgIpc) is 3.10. The van der Waals surface area contributed by atoms with E-state index in [-0.39, 0.29) is 18.2 Å². The van der Waals surface area contributed by atoms with Crippen LogP contribution in [0.1, 0.15) is 31.2 Å². The molecule has 1 aromatic heterocycles. The van der Waals surface area contributed by atoms with Crippen LogP contribution in [0, 0.1) is 5.82 Å². The largest absolute Gasteiger partial charge is 0.325 e. The Balaban J connectivity index is 1.64. The zero-order valence-electron chi connectivity index (χ0n) is 18.8. The van der Waals surface area contributed by atoms with Gasteiger partial charge in [-0.05, 0) is 47.9 Å². The third-order valence-corrected chi connectivity index (χ3v) is 7.08. The van der Waals surface area contributed by atoms with Gasteiger partial charge in [0.1, 0.15) is 5.82 Å². The molecule has 0 saturated carbocycles. The van der Waals surface area contributed by atoms with Crippen LogP contribution in [-0.2, 0) is 28.4 Å². The monoisotopic (exact) mass is 491 g/mol. The zero-order chi connectivity index (χ0) is 24.2. The maximum absolute atomic E-state index is 13.2. The molecule has 0 aliphatic heterocycles. The molecule has 0 unspecified atom stereocenters. The van der Waals surface area contributed by atoms with Gasteiger partial charge in [0.15, 0.2) is 11.0 Å². The minimum atomic E-state index is -3.65. The molecule has 0 fully saturated rings. The number of sulfonamides is 1. The predicted octanol–water partition coefficient (Wildman–Crippen LogP) is 3.77. The number of carbonyl (C=O) groups excluding carboxylic acids is 1. The second kappa shape index (κ2) is 10.3. The Morgan fingerprint density at radius 3 is 2.33 bits per heavy atom. The first kappa shape index (κ1) is 24.7. The van der Waals surface area contributed by atoms with E-state index >= 15 is 0 Å². The number of anilines is 2. The SMILES string of the molecule is CC(C)c1ccc(NC(=O)CSc2nnc(CN(c3ccc(F)cc3)S(C)(=O)=O)n2C)cc1. The van der Waals surface area contributed by atoms with Crippen molar-refractivity contribution in [2.75, 3.05) is 21.6 Å². The first-order valence-corrected chi connectivity index (χ1v) is 13.0. The second-order valence-corrected chi connectivity index (χ2v) is 10.7. The molecule has 33 heavy (non-hydrogen) atoms. The number of nitrogens with zero attached hydrogens (tertiary/aromatic N) is 4. The fraction of sp³-hybridized carbons (Fsp3) is 0.318. The molecule has 1 N–H and O–H groups in total. The smallest absolute Gasteiger partial charge is 0.234 e. The molecular weight excluding hydrogens is 465 g/mol. The number of amides is 1. The highest BCUT2D eigenvalue weighted by Gasteiger charge is 2.22. The number of aromatic nitrogens is 3. The van der Waals surface area contributed by atoms with Gasteiger partial charge >= 0.3 is 0 Å². The normalized spacial score (nSPS) is 11.6. The molecule has 0 aliphatic rings. The summed E-state index contributed by atoms with van der Waals surface area (Å²) in [4.78, 5) is 12.3. The molecule has 0 saturated heterocycles. The first-order chi connectivity index (χ1) is 15.5. The number of halogens is 1. The number of carbonyl (C=O) groups is 1. The van der Waals surface area contributed by atoms with Crippen LogP contribution >= 0.6 is 11.8 Å². The van der Waals surface area contributed by atoms with Gasteiger partial charge in [0.25, 0.3) is 0 Å². The number of rotatable bonds is 9. The van der Waals surface area contributed by atoms with Crippen LogP contribution in [-0.4, -0.2) is 41.1 Å². The third kappa shape index (κ3) is 6.55. The van der Waals surface area contributed by atoms with Crippen molar-refractivity contribution in [2.24, 2.45) is 7.05 Å². The predicted molar refractivity (Wildman–Crippen MR) is 128 cm³/mol. The van der Waals surface area contributed by atoms with Crippen LogP contribution < -0.4 is 9.62 Å². The highest BCUT2D eigenvalue weighted by molar-refractivity contribution is 7.99. The molecule has 0 radical (unpaired) electrons. The summed E-state index contributed by atoms with van der Waals surface area (Å²) in [6.07, 6.45) is 1.07. The summed E-state index contributed by atoms with van der Waals surface area (Å²) in [5.41, 5.74) is 2.23. The summed E-state index contributed by atoms with van der Waals surface area (Å²) >= 11 is 1.20. The number of benzene rings is 2. The van der Waals surface area contributed by atoms with E-state index in [9.17, 15) is 17.6 Å². The summed E-state index contributed by atoms with van der Waals surface area (Å²) in [5.74, 6) is 0.268. The number of hydrogen-bond donors (Lipinski definition) is 1. The molecule has 2 aromatic carbocycles. The van der Waals surface area contributed by atoms with Gasteiger partial charge in [0, 0.05) is 12.7 Å². The summed E-state index contributed by atoms with van der Waals surface area (Å²) in [5, 5.41) is 11.5. The van der Waals surface area contributed by atoms with E-state index in [0.717, 1.165) is 10.6 Å². The van der Waals surface area contributed by atoms with Crippen molar-refractivity contribution in [3.05, 3.63) is 65.7 Å². The van der Waals surface area contributed by atoms with E-state index in [1.165, 1.54) is 41.6 Å². The lowest BCUT2D eigenvalue weighted by molar-refractivity contribution is -0.113. The zero-order valence-corrected chi connectivity index (χ0v) is 20.5. The van der Waals surface area contributed by atoms with Gasteiger partial charge in [-0.1, -0.05) is 37.7 Å². The Kier molecular flexibility index (Phi) is 7.75. The molecule has 3 rings (SSSR count). The number of nitrogens with one attached hydrogen (secondary N) is 1. The Morgan fingerprint density at radius 1 is 1.12 bits per heavy atom. The Labute approximate surface area is 197 Å². The van der Waals surface area contributed by atoms with Crippen molar-refractivity contribution in [1.29, 1.82) is 0 Å². The van der Waals surface area contributed by atoms with Crippen LogP contribution in [0.5, 0.6) is 0 Å². The van der Waals surface area contributed by atoms with E-state index in [1.54, 1.807) is 11.6 Å². The highest BCUT2D eigenvalue weighted by Crippen LogP contribution is 2.23. The van der Waals surface area contributed by atoms with Crippen molar-refractivity contribution in [1.82, 2.24) is 14.8 Å². The van der Waals surface area contributed by atoms with Crippen LogP contribution in [0.15, 0.2) is 53.7 Å². The van der Waals surface area contributed by atoms with Gasteiger partial charge in [-0.3, -0.25) is 9.10 Å². The molecule has 0 atom stereocenters. The molecule has 1 amide bonds. The lowest BCUT2D eigenvalue weighted by atomic mass is 10.0. The van der Waals surface area contributed by atoms with Gasteiger partial charge in [-0.15, -0.1) is 10.2 Å². The van der Waals surface area contributed by atoms with Gasteiger partial charge in [0.05, 0.1) is 24.2 Å². The van der Waals surface area contributed by atoms with E-state index < -0.39 is 15.8 Å². The molecule has 11 heteroatoms. The minimum absolute atomic E-state index is 0.0804. The third-order valence-electron chi connectivity index (χ3n) is 4.92. The van der Waals surface area contributed by atoms with Crippen molar-refractivity contribution < 1.29 is 17.6 Å². The van der Waals surface area contributed by atoms with Crippen LogP contribution in [0.4, 0.5) is 15.8 Å². The van der Waals surface area contributed by atoms with Gasteiger partial charge in [-0.25, -0.2) is 12.8 Å². The highest BCUT2D eigenvalue weighted by atomic mass is 32.2. The fourth-order valence-electron chi connectivity index (χ4n) is 3.02. The number of hydrogen-bond acceptors (Lipinski definition) is 6. The molecule has 3 aromatic rings. The first-order valence-electron chi connectivity index (χ1n) is 10.2. The molecule has 1 heterocycles. The Hall–Kier alpha value is -2.92. The Morgan fingerprint density at radius 2 is 1.76 bits per heavy atom. The van der Waals surface area contributed by atoms with Gasteiger partial charge < -0.3 is 9.88 Å². The van der Waals surface area contributed by atoms with E-state index in [0.29, 0.717) is 28.3 Å². The van der Waals surface area contributed by atoms with E-state index in [4.69, 9.17) is 0 Å². The van der Waals surface area contributed by atoms with Crippen molar-refractivity contribution in [2.45, 2.75) is 31.5 Å². The fourth-order valence-corrected chi connectivity index (χ4v) is 4.61. The molecule has 0 spiro atoms. The average molecular weight is 492 g/mol. The van der Waals surface area contributed by atoms with Crippen LogP contribution in [0.25, 0.3) is 0 Å². The summed E-state index contributed by atoms with van der Waals surface area (Å²) in [6.45, 7) is 4.13. The van der Waals surface area contributed by atoms with Crippen molar-refractivity contribution in [3.63, 3.8) is 0 Å². The molecule has 176 valence electrons.